The van der Waals surface area contributed by atoms with E-state index in [1.807, 2.05) is 31.2 Å². The molecule has 0 heterocycles. The van der Waals surface area contributed by atoms with Crippen molar-refractivity contribution in [2.24, 2.45) is 5.92 Å². The SMILES string of the molecule is CCOC(=O)[C@H]1C[C@@H]1c1cccc(Cl)c1. The minimum absolute atomic E-state index is 0.0448. The Morgan fingerprint density at radius 1 is 1.60 bits per heavy atom. The van der Waals surface area contributed by atoms with Crippen LogP contribution in [0, 0.1) is 5.92 Å². The maximum atomic E-state index is 11.4. The van der Waals surface area contributed by atoms with Gasteiger partial charge in [-0.3, -0.25) is 4.79 Å². The minimum atomic E-state index is -0.0810. The van der Waals surface area contributed by atoms with Crippen LogP contribution in [0.3, 0.4) is 0 Å². The summed E-state index contributed by atoms with van der Waals surface area (Å²) >= 11 is 5.89. The predicted molar refractivity (Wildman–Crippen MR) is 58.9 cm³/mol. The highest BCUT2D eigenvalue weighted by Gasteiger charge is 2.45. The monoisotopic (exact) mass is 224 g/mol. The van der Waals surface area contributed by atoms with Crippen molar-refractivity contribution in [3.63, 3.8) is 0 Å². The number of carbonyl (C=O) groups is 1. The fraction of sp³-hybridized carbons (Fsp3) is 0.417. The molecule has 2 rings (SSSR count). The molecule has 0 bridgehead atoms. The van der Waals surface area contributed by atoms with E-state index in [1.54, 1.807) is 0 Å². The van der Waals surface area contributed by atoms with Gasteiger partial charge in [0.15, 0.2) is 0 Å². The molecular formula is C12H13ClO2. The summed E-state index contributed by atoms with van der Waals surface area (Å²) in [5.74, 6) is 0.272. The zero-order valence-corrected chi connectivity index (χ0v) is 9.33. The summed E-state index contributed by atoms with van der Waals surface area (Å²) in [7, 11) is 0. The first-order valence-electron chi connectivity index (χ1n) is 5.14. The van der Waals surface area contributed by atoms with Crippen molar-refractivity contribution in [2.75, 3.05) is 6.61 Å². The van der Waals surface area contributed by atoms with Crippen molar-refractivity contribution in [3.05, 3.63) is 34.9 Å². The molecule has 0 amide bonds. The number of benzene rings is 1. The average Bonchev–Trinajstić information content (AvgIpc) is 2.97. The molecule has 0 N–H and O–H groups in total. The molecule has 1 fully saturated rings. The zero-order valence-electron chi connectivity index (χ0n) is 8.57. The lowest BCUT2D eigenvalue weighted by Gasteiger charge is -2.01. The van der Waals surface area contributed by atoms with E-state index in [0.29, 0.717) is 12.5 Å². The Morgan fingerprint density at radius 3 is 3.07 bits per heavy atom. The standard InChI is InChI=1S/C12H13ClO2/c1-2-15-12(14)11-7-10(11)8-4-3-5-9(13)6-8/h3-6,10-11H,2,7H2,1H3/t10-,11+/m1/s1. The van der Waals surface area contributed by atoms with E-state index in [-0.39, 0.29) is 11.9 Å². The third kappa shape index (κ3) is 2.32. The number of halogens is 1. The topological polar surface area (TPSA) is 26.3 Å². The Hall–Kier alpha value is -1.02. The fourth-order valence-electron chi connectivity index (χ4n) is 1.81. The van der Waals surface area contributed by atoms with Crippen molar-refractivity contribution >= 4 is 17.6 Å². The highest BCUT2D eigenvalue weighted by molar-refractivity contribution is 6.30. The van der Waals surface area contributed by atoms with Gasteiger partial charge in [-0.1, -0.05) is 23.7 Å². The summed E-state index contributed by atoms with van der Waals surface area (Å²) in [6.07, 6.45) is 0.888. The number of esters is 1. The van der Waals surface area contributed by atoms with E-state index < -0.39 is 0 Å². The van der Waals surface area contributed by atoms with Crippen molar-refractivity contribution in [1.29, 1.82) is 0 Å². The van der Waals surface area contributed by atoms with Gasteiger partial charge in [0, 0.05) is 5.02 Å². The first-order valence-corrected chi connectivity index (χ1v) is 5.52. The van der Waals surface area contributed by atoms with Crippen LogP contribution in [-0.4, -0.2) is 12.6 Å². The van der Waals surface area contributed by atoms with Gasteiger partial charge in [-0.25, -0.2) is 0 Å². The summed E-state index contributed by atoms with van der Waals surface area (Å²) in [5.41, 5.74) is 1.14. The van der Waals surface area contributed by atoms with E-state index in [0.717, 1.165) is 17.0 Å². The van der Waals surface area contributed by atoms with E-state index >= 15 is 0 Å². The van der Waals surface area contributed by atoms with Crippen LogP contribution in [0.5, 0.6) is 0 Å². The lowest BCUT2D eigenvalue weighted by molar-refractivity contribution is -0.144. The van der Waals surface area contributed by atoms with E-state index in [1.165, 1.54) is 0 Å². The third-order valence-electron chi connectivity index (χ3n) is 2.66. The molecule has 1 aliphatic rings. The smallest absolute Gasteiger partial charge is 0.309 e. The van der Waals surface area contributed by atoms with Crippen molar-refractivity contribution in [2.45, 2.75) is 19.3 Å². The molecule has 1 saturated carbocycles. The highest BCUT2D eigenvalue weighted by Crippen LogP contribution is 2.48. The van der Waals surface area contributed by atoms with Gasteiger partial charge in [0.2, 0.25) is 0 Å². The zero-order chi connectivity index (χ0) is 10.8. The summed E-state index contributed by atoms with van der Waals surface area (Å²) in [5, 5.41) is 0.724. The number of hydrogen-bond acceptors (Lipinski definition) is 2. The van der Waals surface area contributed by atoms with Crippen molar-refractivity contribution in [1.82, 2.24) is 0 Å². The first kappa shape index (κ1) is 10.5. The molecule has 80 valence electrons. The average molecular weight is 225 g/mol. The molecule has 2 nitrogen and oxygen atoms in total. The van der Waals surface area contributed by atoms with Crippen molar-refractivity contribution < 1.29 is 9.53 Å². The van der Waals surface area contributed by atoms with Gasteiger partial charge in [0.05, 0.1) is 12.5 Å². The Bertz CT molecular complexity index is 376. The number of carbonyl (C=O) groups excluding carboxylic acids is 1. The second-order valence-electron chi connectivity index (χ2n) is 3.76. The van der Waals surface area contributed by atoms with Crippen LogP contribution in [0.1, 0.15) is 24.8 Å². The number of ether oxygens (including phenoxy) is 1. The third-order valence-corrected chi connectivity index (χ3v) is 2.89. The number of rotatable bonds is 3. The molecule has 0 unspecified atom stereocenters. The Kier molecular flexibility index (Phi) is 2.96. The van der Waals surface area contributed by atoms with Gasteiger partial charge in [0.1, 0.15) is 0 Å². The van der Waals surface area contributed by atoms with Crippen LogP contribution < -0.4 is 0 Å². The van der Waals surface area contributed by atoms with Crippen LogP contribution in [0.4, 0.5) is 0 Å². The summed E-state index contributed by atoms with van der Waals surface area (Å²) < 4.78 is 4.98. The second-order valence-corrected chi connectivity index (χ2v) is 4.19. The Morgan fingerprint density at radius 2 is 2.40 bits per heavy atom. The van der Waals surface area contributed by atoms with Gasteiger partial charge in [0.25, 0.3) is 0 Å². The first-order chi connectivity index (χ1) is 7.22. The predicted octanol–water partition coefficient (Wildman–Crippen LogP) is 3.01. The second kappa shape index (κ2) is 4.23. The Balaban J connectivity index is 2.01. The lowest BCUT2D eigenvalue weighted by Crippen LogP contribution is -2.07. The minimum Gasteiger partial charge on any atom is -0.466 e. The van der Waals surface area contributed by atoms with Gasteiger partial charge >= 0.3 is 5.97 Å². The van der Waals surface area contributed by atoms with E-state index in [9.17, 15) is 4.79 Å². The molecular weight excluding hydrogens is 212 g/mol. The van der Waals surface area contributed by atoms with Crippen LogP contribution in [0.2, 0.25) is 5.02 Å². The molecule has 2 atom stereocenters. The van der Waals surface area contributed by atoms with E-state index in [4.69, 9.17) is 16.3 Å². The highest BCUT2D eigenvalue weighted by atomic mass is 35.5. The normalized spacial score (nSPS) is 23.6. The van der Waals surface area contributed by atoms with E-state index in [2.05, 4.69) is 0 Å². The molecule has 3 heteroatoms. The van der Waals surface area contributed by atoms with Crippen LogP contribution in [0.25, 0.3) is 0 Å². The molecule has 0 aromatic heterocycles. The molecule has 1 aromatic carbocycles. The molecule has 1 aromatic rings. The van der Waals surface area contributed by atoms with Gasteiger partial charge in [-0.15, -0.1) is 0 Å². The summed E-state index contributed by atoms with van der Waals surface area (Å²) in [6.45, 7) is 2.28. The summed E-state index contributed by atoms with van der Waals surface area (Å²) in [6, 6.07) is 7.69. The van der Waals surface area contributed by atoms with Crippen LogP contribution in [0.15, 0.2) is 24.3 Å². The van der Waals surface area contributed by atoms with Crippen LogP contribution >= 0.6 is 11.6 Å². The molecule has 0 radical (unpaired) electrons. The molecule has 0 spiro atoms. The maximum absolute atomic E-state index is 11.4. The van der Waals surface area contributed by atoms with Crippen molar-refractivity contribution in [3.8, 4) is 0 Å². The van der Waals surface area contributed by atoms with Crippen LogP contribution in [-0.2, 0) is 9.53 Å². The molecule has 1 aliphatic carbocycles. The molecule has 15 heavy (non-hydrogen) atoms. The maximum Gasteiger partial charge on any atom is 0.309 e. The Labute approximate surface area is 94.2 Å². The van der Waals surface area contributed by atoms with Gasteiger partial charge in [-0.2, -0.15) is 0 Å². The van der Waals surface area contributed by atoms with Gasteiger partial charge in [-0.05, 0) is 37.0 Å². The lowest BCUT2D eigenvalue weighted by atomic mass is 10.1. The largest absolute Gasteiger partial charge is 0.466 e. The summed E-state index contributed by atoms with van der Waals surface area (Å²) in [4.78, 5) is 11.4. The quantitative estimate of drug-likeness (QED) is 0.738. The fourth-order valence-corrected chi connectivity index (χ4v) is 2.01. The molecule has 0 aliphatic heterocycles. The molecule has 0 saturated heterocycles. The van der Waals surface area contributed by atoms with Gasteiger partial charge < -0.3 is 4.74 Å². The number of hydrogen-bond donors (Lipinski definition) is 0.